The number of rotatable bonds is 9. The quantitative estimate of drug-likeness (QED) is 0.396. The molecule has 0 fully saturated rings. The van der Waals surface area contributed by atoms with Gasteiger partial charge in [0.15, 0.2) is 5.78 Å². The van der Waals surface area contributed by atoms with E-state index in [4.69, 9.17) is 0 Å². The monoisotopic (exact) mass is 293 g/mol. The number of non-ortho nitro benzene ring substituents is 1. The maximum atomic E-state index is 12.3. The smallest absolute Gasteiger partial charge is 0.270 e. The molecule has 0 bridgehead atoms. The van der Waals surface area contributed by atoms with E-state index < -0.39 is 4.92 Å². The number of Topliss-reactive ketones (excluding diaryl/α,β-unsaturated/α-hetero) is 1. The zero-order valence-corrected chi connectivity index (χ0v) is 12.9. The van der Waals surface area contributed by atoms with E-state index in [-0.39, 0.29) is 11.5 Å². The Hall–Kier alpha value is -1.79. The summed E-state index contributed by atoms with van der Waals surface area (Å²) in [6.07, 6.45) is 0.968. The van der Waals surface area contributed by atoms with Crippen LogP contribution in [0.25, 0.3) is 0 Å². The fourth-order valence-corrected chi connectivity index (χ4v) is 2.01. The third-order valence-electron chi connectivity index (χ3n) is 3.15. The van der Waals surface area contributed by atoms with Crippen molar-refractivity contribution >= 4 is 11.5 Å². The lowest BCUT2D eigenvalue weighted by Gasteiger charge is -2.22. The average Bonchev–Trinajstić information content (AvgIpc) is 2.45. The van der Waals surface area contributed by atoms with Crippen molar-refractivity contribution in [2.75, 3.05) is 40.3 Å². The molecule has 6 nitrogen and oxygen atoms in total. The summed E-state index contributed by atoms with van der Waals surface area (Å²) in [7, 11) is 3.99. The van der Waals surface area contributed by atoms with Gasteiger partial charge in [-0.25, -0.2) is 0 Å². The van der Waals surface area contributed by atoms with Crippen LogP contribution >= 0.6 is 0 Å². The SMILES string of the molecule is CCCN(CCN(C)C)CC(=O)c1cccc([N+](=O)[O-])c1. The summed E-state index contributed by atoms with van der Waals surface area (Å²) >= 11 is 0. The number of hydrogen-bond acceptors (Lipinski definition) is 5. The summed E-state index contributed by atoms with van der Waals surface area (Å²) in [5.74, 6) is -0.0779. The van der Waals surface area contributed by atoms with Gasteiger partial charge in [-0.15, -0.1) is 0 Å². The van der Waals surface area contributed by atoms with E-state index in [1.54, 1.807) is 12.1 Å². The molecule has 0 saturated carbocycles. The number of nitro benzene ring substituents is 1. The standard InChI is InChI=1S/C15H23N3O3/c1-4-8-17(10-9-16(2)3)12-15(19)13-6-5-7-14(11-13)18(20)21/h5-7,11H,4,8-10,12H2,1-3H3. The van der Waals surface area contributed by atoms with Gasteiger partial charge in [-0.3, -0.25) is 19.8 Å². The second-order valence-electron chi connectivity index (χ2n) is 5.31. The molecule has 0 amide bonds. The summed E-state index contributed by atoms with van der Waals surface area (Å²) < 4.78 is 0. The molecule has 21 heavy (non-hydrogen) atoms. The van der Waals surface area contributed by atoms with Crippen molar-refractivity contribution < 1.29 is 9.72 Å². The van der Waals surface area contributed by atoms with Crippen molar-refractivity contribution in [1.82, 2.24) is 9.80 Å². The van der Waals surface area contributed by atoms with Gasteiger partial charge in [0, 0.05) is 30.8 Å². The zero-order valence-electron chi connectivity index (χ0n) is 12.9. The largest absolute Gasteiger partial charge is 0.308 e. The van der Waals surface area contributed by atoms with Gasteiger partial charge in [0.05, 0.1) is 11.5 Å². The van der Waals surface area contributed by atoms with Gasteiger partial charge in [0.25, 0.3) is 5.69 Å². The highest BCUT2D eigenvalue weighted by molar-refractivity contribution is 5.98. The maximum Gasteiger partial charge on any atom is 0.270 e. The molecule has 0 aliphatic carbocycles. The number of nitro groups is 1. The molecular formula is C15H23N3O3. The van der Waals surface area contributed by atoms with Gasteiger partial charge in [0.2, 0.25) is 0 Å². The summed E-state index contributed by atoms with van der Waals surface area (Å²) in [5.41, 5.74) is 0.353. The van der Waals surface area contributed by atoms with E-state index in [9.17, 15) is 14.9 Å². The van der Waals surface area contributed by atoms with Crippen molar-refractivity contribution in [1.29, 1.82) is 0 Å². The van der Waals surface area contributed by atoms with Crippen LogP contribution in [0.4, 0.5) is 5.69 Å². The van der Waals surface area contributed by atoms with Crippen LogP contribution in [0.3, 0.4) is 0 Å². The highest BCUT2D eigenvalue weighted by atomic mass is 16.6. The van der Waals surface area contributed by atoms with Crippen molar-refractivity contribution in [2.24, 2.45) is 0 Å². The third-order valence-corrected chi connectivity index (χ3v) is 3.15. The van der Waals surface area contributed by atoms with Crippen molar-refractivity contribution in [3.05, 3.63) is 39.9 Å². The minimum atomic E-state index is -0.480. The van der Waals surface area contributed by atoms with Crippen LogP contribution in [0.1, 0.15) is 23.7 Å². The molecule has 1 aromatic rings. The Morgan fingerprint density at radius 1 is 1.24 bits per heavy atom. The van der Waals surface area contributed by atoms with Crippen molar-refractivity contribution in [3.8, 4) is 0 Å². The molecule has 0 heterocycles. The van der Waals surface area contributed by atoms with Crippen LogP contribution in [0.5, 0.6) is 0 Å². The summed E-state index contributed by atoms with van der Waals surface area (Å²) in [5, 5.41) is 10.8. The Balaban J connectivity index is 2.72. The van der Waals surface area contributed by atoms with E-state index in [0.717, 1.165) is 26.1 Å². The molecule has 6 heteroatoms. The van der Waals surface area contributed by atoms with Gasteiger partial charge >= 0.3 is 0 Å². The first-order valence-corrected chi connectivity index (χ1v) is 7.08. The minimum Gasteiger partial charge on any atom is -0.308 e. The number of carbonyl (C=O) groups is 1. The molecule has 1 rings (SSSR count). The molecule has 116 valence electrons. The minimum absolute atomic E-state index is 0.0452. The van der Waals surface area contributed by atoms with Gasteiger partial charge in [-0.05, 0) is 27.1 Å². The molecule has 0 spiro atoms. The Labute approximate surface area is 125 Å². The summed E-state index contributed by atoms with van der Waals surface area (Å²) in [6, 6.07) is 5.92. The highest BCUT2D eigenvalue weighted by Crippen LogP contribution is 2.14. The molecule has 0 aromatic heterocycles. The first kappa shape index (κ1) is 17.3. The second kappa shape index (κ2) is 8.49. The van der Waals surface area contributed by atoms with Crippen molar-refractivity contribution in [3.63, 3.8) is 0 Å². The Morgan fingerprint density at radius 2 is 1.95 bits per heavy atom. The lowest BCUT2D eigenvalue weighted by molar-refractivity contribution is -0.384. The Kier molecular flexibility index (Phi) is 6.98. The topological polar surface area (TPSA) is 66.7 Å². The van der Waals surface area contributed by atoms with E-state index in [1.165, 1.54) is 12.1 Å². The maximum absolute atomic E-state index is 12.3. The number of carbonyl (C=O) groups excluding carboxylic acids is 1. The predicted octanol–water partition coefficient (Wildman–Crippen LogP) is 2.05. The summed E-state index contributed by atoms with van der Waals surface area (Å²) in [4.78, 5) is 26.7. The van der Waals surface area contributed by atoms with Crippen LogP contribution in [-0.4, -0.2) is 60.8 Å². The molecule has 0 saturated heterocycles. The fourth-order valence-electron chi connectivity index (χ4n) is 2.01. The molecule has 0 unspecified atom stereocenters. The normalized spacial score (nSPS) is 11.1. The van der Waals surface area contributed by atoms with Gasteiger partial charge < -0.3 is 4.90 Å². The van der Waals surface area contributed by atoms with E-state index in [1.807, 2.05) is 14.1 Å². The number of benzene rings is 1. The Bertz CT molecular complexity index is 489. The molecule has 1 aromatic carbocycles. The molecule has 0 atom stereocenters. The first-order chi connectivity index (χ1) is 9.93. The van der Waals surface area contributed by atoms with Crippen LogP contribution in [0, 0.1) is 10.1 Å². The van der Waals surface area contributed by atoms with E-state index in [0.29, 0.717) is 12.1 Å². The zero-order chi connectivity index (χ0) is 15.8. The van der Waals surface area contributed by atoms with Gasteiger partial charge in [-0.2, -0.15) is 0 Å². The van der Waals surface area contributed by atoms with Gasteiger partial charge in [0.1, 0.15) is 0 Å². The number of likely N-dealkylation sites (N-methyl/N-ethyl adjacent to an activating group) is 1. The number of nitrogens with zero attached hydrogens (tertiary/aromatic N) is 3. The van der Waals surface area contributed by atoms with Crippen LogP contribution in [0.2, 0.25) is 0 Å². The molecular weight excluding hydrogens is 270 g/mol. The van der Waals surface area contributed by atoms with Crippen LogP contribution < -0.4 is 0 Å². The lowest BCUT2D eigenvalue weighted by atomic mass is 10.1. The molecule has 0 N–H and O–H groups in total. The third kappa shape index (κ3) is 6.01. The molecule has 0 aliphatic rings. The Morgan fingerprint density at radius 3 is 2.52 bits per heavy atom. The fraction of sp³-hybridized carbons (Fsp3) is 0.533. The number of ketones is 1. The van der Waals surface area contributed by atoms with Gasteiger partial charge in [-0.1, -0.05) is 19.1 Å². The second-order valence-corrected chi connectivity index (χ2v) is 5.31. The van der Waals surface area contributed by atoms with Crippen molar-refractivity contribution in [2.45, 2.75) is 13.3 Å². The summed E-state index contributed by atoms with van der Waals surface area (Å²) in [6.45, 7) is 4.89. The molecule has 0 radical (unpaired) electrons. The van der Waals surface area contributed by atoms with Crippen LogP contribution in [-0.2, 0) is 0 Å². The highest BCUT2D eigenvalue weighted by Gasteiger charge is 2.15. The van der Waals surface area contributed by atoms with E-state index in [2.05, 4.69) is 16.7 Å². The number of hydrogen-bond donors (Lipinski definition) is 0. The lowest BCUT2D eigenvalue weighted by Crippen LogP contribution is -2.36. The predicted molar refractivity (Wildman–Crippen MR) is 82.7 cm³/mol. The molecule has 0 aliphatic heterocycles. The van der Waals surface area contributed by atoms with E-state index >= 15 is 0 Å². The average molecular weight is 293 g/mol. The first-order valence-electron chi connectivity index (χ1n) is 7.08. The van der Waals surface area contributed by atoms with Crippen LogP contribution in [0.15, 0.2) is 24.3 Å².